The summed E-state index contributed by atoms with van der Waals surface area (Å²) in [7, 11) is 1.32. The van der Waals surface area contributed by atoms with Crippen molar-refractivity contribution in [3.63, 3.8) is 0 Å². The average molecular weight is 470 g/mol. The molecule has 0 radical (unpaired) electrons. The van der Waals surface area contributed by atoms with Gasteiger partial charge in [-0.1, -0.05) is 48.5 Å². The zero-order valence-electron chi connectivity index (χ0n) is 18.6. The molecular weight excluding hydrogens is 444 g/mol. The summed E-state index contributed by atoms with van der Waals surface area (Å²) in [6.07, 6.45) is -2.69. The summed E-state index contributed by atoms with van der Waals surface area (Å²) in [4.78, 5) is 41.0. The average Bonchev–Trinajstić information content (AvgIpc) is 3.42. The lowest BCUT2D eigenvalue weighted by Crippen LogP contribution is -2.49. The summed E-state index contributed by atoms with van der Waals surface area (Å²) in [6.45, 7) is 0.139. The third kappa shape index (κ3) is 5.04. The number of carboxylic acids is 1. The minimum atomic E-state index is -1.37. The number of nitrogens with one attached hydrogen (secondary N) is 2. The number of alkyl carbamates (subject to hydrolysis) is 1. The van der Waals surface area contributed by atoms with Crippen LogP contribution in [0, 0.1) is 0 Å². The first-order chi connectivity index (χ1) is 16.5. The van der Waals surface area contributed by atoms with Crippen molar-refractivity contribution in [2.24, 2.45) is 0 Å². The number of carboxylic acid groups (broad SMARTS) is 1. The van der Waals surface area contributed by atoms with E-state index >= 15 is 0 Å². The van der Waals surface area contributed by atoms with Crippen LogP contribution in [0.5, 0.6) is 0 Å². The van der Waals surface area contributed by atoms with E-state index in [0.717, 1.165) is 22.3 Å². The largest absolute Gasteiger partial charge is 0.479 e. The maximum atomic E-state index is 12.5. The number of rotatable bonds is 9. The molecule has 1 heterocycles. The number of aliphatic carboxylic acids is 1. The standard InChI is InChI=1S/C24H26N2O8/c1-31-13-20(23(28)29)34-26-22(27)21-19(10-11-32-21)25-24(30)33-12-18-16-8-4-2-6-14(16)15-7-3-5-9-17(15)18/h2-9,18-21H,10-13H2,1H3,(H,25,30)(H,26,27)(H,28,29)/t19-,20?,21+/m1/s1. The van der Waals surface area contributed by atoms with Crippen LogP contribution >= 0.6 is 0 Å². The Morgan fingerprint density at radius 3 is 2.35 bits per heavy atom. The predicted octanol–water partition coefficient (Wildman–Crippen LogP) is 1.83. The lowest BCUT2D eigenvalue weighted by Gasteiger charge is -2.21. The second-order valence-electron chi connectivity index (χ2n) is 8.02. The van der Waals surface area contributed by atoms with Crippen molar-refractivity contribution in [3.05, 3.63) is 59.7 Å². The van der Waals surface area contributed by atoms with Crippen LogP contribution in [0.3, 0.4) is 0 Å². The van der Waals surface area contributed by atoms with E-state index in [1.54, 1.807) is 0 Å². The number of carbonyl (C=O) groups excluding carboxylic acids is 2. The first kappa shape index (κ1) is 23.7. The molecule has 10 heteroatoms. The van der Waals surface area contributed by atoms with Crippen LogP contribution in [0.25, 0.3) is 11.1 Å². The highest BCUT2D eigenvalue weighted by Crippen LogP contribution is 2.44. The van der Waals surface area contributed by atoms with Gasteiger partial charge in [0.1, 0.15) is 6.61 Å². The summed E-state index contributed by atoms with van der Waals surface area (Å²) < 4.78 is 15.7. The highest BCUT2D eigenvalue weighted by atomic mass is 16.7. The molecule has 0 bridgehead atoms. The van der Waals surface area contributed by atoms with Crippen molar-refractivity contribution in [1.29, 1.82) is 0 Å². The van der Waals surface area contributed by atoms with E-state index in [1.807, 2.05) is 36.4 Å². The zero-order valence-corrected chi connectivity index (χ0v) is 18.6. The molecule has 34 heavy (non-hydrogen) atoms. The molecule has 3 N–H and O–H groups in total. The molecule has 180 valence electrons. The molecule has 2 aromatic rings. The third-order valence-corrected chi connectivity index (χ3v) is 5.89. The molecule has 2 aromatic carbocycles. The van der Waals surface area contributed by atoms with Crippen LogP contribution in [0.4, 0.5) is 4.79 Å². The van der Waals surface area contributed by atoms with E-state index in [-0.39, 0.29) is 25.7 Å². The van der Waals surface area contributed by atoms with Gasteiger partial charge < -0.3 is 24.6 Å². The molecule has 0 saturated carbocycles. The van der Waals surface area contributed by atoms with Gasteiger partial charge >= 0.3 is 12.1 Å². The second-order valence-corrected chi connectivity index (χ2v) is 8.02. The summed E-state index contributed by atoms with van der Waals surface area (Å²) in [5.74, 6) is -2.08. The van der Waals surface area contributed by atoms with Gasteiger partial charge in [0.05, 0.1) is 12.6 Å². The van der Waals surface area contributed by atoms with Gasteiger partial charge in [-0.05, 0) is 28.7 Å². The molecule has 10 nitrogen and oxygen atoms in total. The van der Waals surface area contributed by atoms with Crippen molar-refractivity contribution < 1.29 is 38.5 Å². The molecule has 3 atom stereocenters. The number of hydroxylamine groups is 1. The monoisotopic (exact) mass is 470 g/mol. The molecule has 1 unspecified atom stereocenters. The number of ether oxygens (including phenoxy) is 3. The molecule has 1 aliphatic heterocycles. The van der Waals surface area contributed by atoms with Gasteiger partial charge in [0.2, 0.25) is 6.10 Å². The Balaban J connectivity index is 1.32. The maximum absolute atomic E-state index is 12.5. The number of benzene rings is 2. The highest BCUT2D eigenvalue weighted by molar-refractivity contribution is 5.82. The topological polar surface area (TPSA) is 132 Å². The fraction of sp³-hybridized carbons (Fsp3) is 0.375. The van der Waals surface area contributed by atoms with Crippen LogP contribution in [-0.4, -0.2) is 68.3 Å². The summed E-state index contributed by atoms with van der Waals surface area (Å²) in [5, 5.41) is 11.7. The van der Waals surface area contributed by atoms with Crippen LogP contribution in [-0.2, 0) is 28.6 Å². The Morgan fingerprint density at radius 2 is 1.74 bits per heavy atom. The Kier molecular flexibility index (Phi) is 7.41. The fourth-order valence-corrected chi connectivity index (χ4v) is 4.28. The quantitative estimate of drug-likeness (QED) is 0.473. The number of methoxy groups -OCH3 is 1. The smallest absolute Gasteiger partial charge is 0.407 e. The molecule has 1 fully saturated rings. The minimum absolute atomic E-state index is 0.0841. The molecular formula is C24H26N2O8. The van der Waals surface area contributed by atoms with Crippen molar-refractivity contribution in [1.82, 2.24) is 10.8 Å². The van der Waals surface area contributed by atoms with Crippen LogP contribution in [0.15, 0.2) is 48.5 Å². The molecule has 2 amide bonds. The molecule has 2 aliphatic rings. The van der Waals surface area contributed by atoms with Crippen LogP contribution in [0.2, 0.25) is 0 Å². The van der Waals surface area contributed by atoms with Crippen molar-refractivity contribution in [3.8, 4) is 11.1 Å². The number of carbonyl (C=O) groups is 3. The van der Waals surface area contributed by atoms with E-state index in [9.17, 15) is 14.4 Å². The Bertz CT molecular complexity index is 1010. The molecule has 1 aliphatic carbocycles. The van der Waals surface area contributed by atoms with Crippen LogP contribution in [0.1, 0.15) is 23.5 Å². The summed E-state index contributed by atoms with van der Waals surface area (Å²) in [5.41, 5.74) is 6.52. The summed E-state index contributed by atoms with van der Waals surface area (Å²) in [6, 6.07) is 15.4. The van der Waals surface area contributed by atoms with Gasteiger partial charge in [-0.25, -0.2) is 15.1 Å². The molecule has 1 saturated heterocycles. The van der Waals surface area contributed by atoms with Crippen molar-refractivity contribution in [2.75, 3.05) is 26.9 Å². The van der Waals surface area contributed by atoms with Crippen molar-refractivity contribution in [2.45, 2.75) is 30.6 Å². The minimum Gasteiger partial charge on any atom is -0.479 e. The second kappa shape index (κ2) is 10.6. The molecule has 0 aromatic heterocycles. The number of hydrogen-bond donors (Lipinski definition) is 3. The Morgan fingerprint density at radius 1 is 1.09 bits per heavy atom. The Hall–Kier alpha value is -3.47. The number of fused-ring (bicyclic) bond motifs is 3. The lowest BCUT2D eigenvalue weighted by atomic mass is 9.98. The van der Waals surface area contributed by atoms with Gasteiger partial charge in [-0.3, -0.25) is 9.63 Å². The predicted molar refractivity (Wildman–Crippen MR) is 119 cm³/mol. The Labute approximate surface area is 196 Å². The summed E-state index contributed by atoms with van der Waals surface area (Å²) >= 11 is 0. The fourth-order valence-electron chi connectivity index (χ4n) is 4.28. The van der Waals surface area contributed by atoms with Gasteiger partial charge in [0, 0.05) is 19.6 Å². The van der Waals surface area contributed by atoms with Crippen molar-refractivity contribution >= 4 is 18.0 Å². The van der Waals surface area contributed by atoms with Gasteiger partial charge in [0.25, 0.3) is 5.91 Å². The first-order valence-electron chi connectivity index (χ1n) is 10.9. The SMILES string of the molecule is COCC(ONC(=O)[C@H]1OCC[C@H]1NC(=O)OCC1c2ccccc2-c2ccccc21)C(=O)O. The van der Waals surface area contributed by atoms with E-state index in [4.69, 9.17) is 24.2 Å². The zero-order chi connectivity index (χ0) is 24.1. The van der Waals surface area contributed by atoms with E-state index in [2.05, 4.69) is 22.9 Å². The highest BCUT2D eigenvalue weighted by Gasteiger charge is 2.37. The number of hydrogen-bond acceptors (Lipinski definition) is 7. The van der Waals surface area contributed by atoms with Gasteiger partial charge in [-0.15, -0.1) is 0 Å². The third-order valence-electron chi connectivity index (χ3n) is 5.89. The van der Waals surface area contributed by atoms with Gasteiger partial charge in [0.15, 0.2) is 6.10 Å². The lowest BCUT2D eigenvalue weighted by molar-refractivity contribution is -0.168. The van der Waals surface area contributed by atoms with Gasteiger partial charge in [-0.2, -0.15) is 0 Å². The first-order valence-corrected chi connectivity index (χ1v) is 10.9. The normalized spacial score (nSPS) is 19.7. The van der Waals surface area contributed by atoms with E-state index in [0.29, 0.717) is 6.42 Å². The van der Waals surface area contributed by atoms with E-state index < -0.39 is 36.2 Å². The number of amides is 2. The van der Waals surface area contributed by atoms with E-state index in [1.165, 1.54) is 7.11 Å². The molecule has 4 rings (SSSR count). The maximum Gasteiger partial charge on any atom is 0.407 e. The van der Waals surface area contributed by atoms with Crippen LogP contribution < -0.4 is 10.8 Å². The molecule has 0 spiro atoms.